The number of para-hydroxylation sites is 1. The minimum Gasteiger partial charge on any atom is -0.490 e. The van der Waals surface area contributed by atoms with Gasteiger partial charge in [0.2, 0.25) is 11.8 Å². The number of benzene rings is 2. The normalized spacial score (nSPS) is 14.7. The van der Waals surface area contributed by atoms with Crippen LogP contribution in [-0.2, 0) is 35.1 Å². The molecule has 2 aromatic carbocycles. The van der Waals surface area contributed by atoms with E-state index in [1.54, 1.807) is 12.1 Å². The molecule has 1 atom stereocenters. The molecule has 2 aromatic rings. The Morgan fingerprint density at radius 2 is 1.61 bits per heavy atom. The summed E-state index contributed by atoms with van der Waals surface area (Å²) in [7, 11) is 0. The van der Waals surface area contributed by atoms with Gasteiger partial charge < -0.3 is 29.7 Å². The number of hydrogen-bond acceptors (Lipinski definition) is 8. The van der Waals surface area contributed by atoms with Gasteiger partial charge in [0.15, 0.2) is 5.11 Å². The summed E-state index contributed by atoms with van der Waals surface area (Å²) < 4.78 is 15.9. The van der Waals surface area contributed by atoms with Gasteiger partial charge in [-0.2, -0.15) is 0 Å². The van der Waals surface area contributed by atoms with E-state index in [1.807, 2.05) is 48.5 Å². The quantitative estimate of drug-likeness (QED) is 0.235. The highest BCUT2D eigenvalue weighted by molar-refractivity contribution is 7.80. The molecule has 1 unspecified atom stereocenters. The van der Waals surface area contributed by atoms with Crippen LogP contribution in [0, 0.1) is 0 Å². The van der Waals surface area contributed by atoms with Crippen LogP contribution in [0.15, 0.2) is 60.7 Å². The van der Waals surface area contributed by atoms with Crippen molar-refractivity contribution in [2.45, 2.75) is 31.7 Å². The van der Waals surface area contributed by atoms with Crippen molar-refractivity contribution in [3.05, 3.63) is 66.2 Å². The fourth-order valence-corrected chi connectivity index (χ4v) is 4.01. The van der Waals surface area contributed by atoms with Gasteiger partial charge >= 0.3 is 11.9 Å². The van der Waals surface area contributed by atoms with Crippen LogP contribution >= 0.6 is 12.2 Å². The molecule has 0 bridgehead atoms. The number of thiocarbonyl (C=S) groups is 1. The predicted octanol–water partition coefficient (Wildman–Crippen LogP) is 1.77. The third-order valence-electron chi connectivity index (χ3n) is 5.61. The van der Waals surface area contributed by atoms with Crippen molar-refractivity contribution >= 4 is 41.1 Å². The molecule has 2 amide bonds. The lowest BCUT2D eigenvalue weighted by molar-refractivity contribution is -0.148. The van der Waals surface area contributed by atoms with E-state index in [4.69, 9.17) is 26.4 Å². The molecular weight excluding hydrogens is 510 g/mol. The highest BCUT2D eigenvalue weighted by atomic mass is 32.1. The molecule has 10 nitrogen and oxygen atoms in total. The number of ether oxygens (including phenoxy) is 3. The van der Waals surface area contributed by atoms with Crippen molar-refractivity contribution in [3.63, 3.8) is 0 Å². The van der Waals surface area contributed by atoms with Gasteiger partial charge in [0.25, 0.3) is 0 Å². The Balaban J connectivity index is 1.37. The molecular formula is C27H31N3O7S. The van der Waals surface area contributed by atoms with E-state index in [0.29, 0.717) is 25.3 Å². The second kappa shape index (κ2) is 15.3. The molecule has 1 fully saturated rings. The Hall–Kier alpha value is -3.99. The minimum atomic E-state index is -0.929. The van der Waals surface area contributed by atoms with Crippen molar-refractivity contribution in [2.24, 2.45) is 0 Å². The Bertz CT molecular complexity index is 1100. The summed E-state index contributed by atoms with van der Waals surface area (Å²) in [4.78, 5) is 50.6. The van der Waals surface area contributed by atoms with Crippen molar-refractivity contribution in [1.82, 2.24) is 15.5 Å². The van der Waals surface area contributed by atoms with Gasteiger partial charge in [-0.3, -0.25) is 19.2 Å². The summed E-state index contributed by atoms with van der Waals surface area (Å²) in [6, 6.07) is 17.8. The lowest BCUT2D eigenvalue weighted by Gasteiger charge is -2.36. The maximum absolute atomic E-state index is 12.4. The first kappa shape index (κ1) is 28.6. The first-order valence-electron chi connectivity index (χ1n) is 12.3. The van der Waals surface area contributed by atoms with Gasteiger partial charge in [0.1, 0.15) is 25.0 Å². The second-order valence-electron chi connectivity index (χ2n) is 8.40. The number of carbonyl (C=O) groups excluding carboxylic acids is 4. The zero-order chi connectivity index (χ0) is 27.2. The number of esters is 2. The van der Waals surface area contributed by atoms with Gasteiger partial charge in [-0.05, 0) is 29.9 Å². The summed E-state index contributed by atoms with van der Waals surface area (Å²) >= 11 is 5.32. The first-order valence-corrected chi connectivity index (χ1v) is 12.7. The van der Waals surface area contributed by atoms with Crippen molar-refractivity contribution < 1.29 is 33.4 Å². The molecule has 0 aliphatic carbocycles. The number of nitrogens with zero attached hydrogens (tertiary/aromatic N) is 1. The molecule has 1 aliphatic heterocycles. The van der Waals surface area contributed by atoms with Gasteiger partial charge in [-0.25, -0.2) is 0 Å². The van der Waals surface area contributed by atoms with E-state index in [0.717, 1.165) is 5.56 Å². The van der Waals surface area contributed by atoms with Gasteiger partial charge in [0.05, 0.1) is 19.4 Å². The number of amides is 2. The Labute approximate surface area is 226 Å². The lowest BCUT2D eigenvalue weighted by atomic mass is 10.1. The topological polar surface area (TPSA) is 123 Å². The first-order chi connectivity index (χ1) is 18.4. The number of piperazine rings is 1. The molecule has 3 rings (SSSR count). The standard InChI is InChI=1S/C27H31N3O7S/c31-23(11-12-24(32)36-16-13-20-7-3-1-4-8-20)29-27(38)30-15-14-28-26(34)22(30)19-25(33)37-18-17-35-21-9-5-2-6-10-21/h1-10,22H,11-19H2,(H,28,34)(H,29,31,38). The molecule has 11 heteroatoms. The summed E-state index contributed by atoms with van der Waals surface area (Å²) in [6.07, 6.45) is 0.105. The van der Waals surface area contributed by atoms with Crippen LogP contribution in [0.1, 0.15) is 24.8 Å². The molecule has 1 aliphatic rings. The van der Waals surface area contributed by atoms with Crippen LogP contribution in [0.5, 0.6) is 5.75 Å². The van der Waals surface area contributed by atoms with Crippen LogP contribution in [0.4, 0.5) is 0 Å². The molecule has 2 N–H and O–H groups in total. The maximum atomic E-state index is 12.4. The zero-order valence-electron chi connectivity index (χ0n) is 20.9. The summed E-state index contributed by atoms with van der Waals surface area (Å²) in [5, 5.41) is 5.24. The van der Waals surface area contributed by atoms with E-state index in [9.17, 15) is 19.2 Å². The summed E-state index contributed by atoms with van der Waals surface area (Å²) in [5.41, 5.74) is 1.05. The van der Waals surface area contributed by atoms with E-state index >= 15 is 0 Å². The molecule has 1 saturated heterocycles. The fraction of sp³-hybridized carbons (Fsp3) is 0.370. The van der Waals surface area contributed by atoms with Gasteiger partial charge in [0, 0.05) is 25.9 Å². The Morgan fingerprint density at radius 3 is 2.34 bits per heavy atom. The van der Waals surface area contributed by atoms with E-state index in [1.165, 1.54) is 4.90 Å². The Morgan fingerprint density at radius 1 is 0.921 bits per heavy atom. The number of nitrogens with one attached hydrogen (secondary N) is 2. The average Bonchev–Trinajstić information content (AvgIpc) is 2.92. The lowest BCUT2D eigenvalue weighted by Crippen LogP contribution is -2.60. The molecule has 202 valence electrons. The van der Waals surface area contributed by atoms with Crippen molar-refractivity contribution in [3.8, 4) is 5.75 Å². The van der Waals surface area contributed by atoms with Gasteiger partial charge in [-0.1, -0.05) is 48.5 Å². The molecule has 1 heterocycles. The molecule has 0 aromatic heterocycles. The summed E-state index contributed by atoms with van der Waals surface area (Å²) in [6.45, 7) is 1.02. The average molecular weight is 542 g/mol. The maximum Gasteiger partial charge on any atom is 0.308 e. The summed E-state index contributed by atoms with van der Waals surface area (Å²) in [5.74, 6) is -1.31. The smallest absolute Gasteiger partial charge is 0.308 e. The molecule has 0 saturated carbocycles. The van der Waals surface area contributed by atoms with Crippen LogP contribution in [-0.4, -0.2) is 72.7 Å². The van der Waals surface area contributed by atoms with Crippen LogP contribution < -0.4 is 15.4 Å². The Kier molecular flexibility index (Phi) is 11.5. The van der Waals surface area contributed by atoms with E-state index in [-0.39, 0.29) is 44.2 Å². The van der Waals surface area contributed by atoms with Crippen LogP contribution in [0.2, 0.25) is 0 Å². The molecule has 38 heavy (non-hydrogen) atoms. The highest BCUT2D eigenvalue weighted by Gasteiger charge is 2.34. The van der Waals surface area contributed by atoms with E-state index in [2.05, 4.69) is 10.6 Å². The van der Waals surface area contributed by atoms with Crippen molar-refractivity contribution in [2.75, 3.05) is 32.9 Å². The second-order valence-corrected chi connectivity index (χ2v) is 8.78. The SMILES string of the molecule is O=C(CCC(=O)OCCc1ccccc1)NC(=S)N1CCNC(=O)C1CC(=O)OCCOc1ccccc1. The van der Waals surface area contributed by atoms with Gasteiger partial charge in [-0.15, -0.1) is 0 Å². The van der Waals surface area contributed by atoms with Crippen molar-refractivity contribution in [1.29, 1.82) is 0 Å². The third-order valence-corrected chi connectivity index (χ3v) is 5.95. The third kappa shape index (κ3) is 9.81. The molecule has 0 radical (unpaired) electrons. The molecule has 0 spiro atoms. The van der Waals surface area contributed by atoms with Crippen LogP contribution in [0.25, 0.3) is 0 Å². The predicted molar refractivity (Wildman–Crippen MR) is 142 cm³/mol. The number of hydrogen-bond donors (Lipinski definition) is 2. The minimum absolute atomic E-state index is 0.00695. The number of rotatable bonds is 12. The largest absolute Gasteiger partial charge is 0.490 e. The van der Waals surface area contributed by atoms with E-state index < -0.39 is 29.8 Å². The number of carbonyl (C=O) groups is 4. The zero-order valence-corrected chi connectivity index (χ0v) is 21.7. The fourth-order valence-electron chi connectivity index (χ4n) is 3.68. The van der Waals surface area contributed by atoms with Crippen LogP contribution in [0.3, 0.4) is 0 Å². The monoisotopic (exact) mass is 541 g/mol. The highest BCUT2D eigenvalue weighted by Crippen LogP contribution is 2.12.